The average Bonchev–Trinajstić information content (AvgIpc) is 2.97. The first-order chi connectivity index (χ1) is 19.8. The fourth-order valence-corrected chi connectivity index (χ4v) is 5.74. The van der Waals surface area contributed by atoms with Crippen molar-refractivity contribution >= 4 is 29.0 Å². The van der Waals surface area contributed by atoms with Crippen LogP contribution >= 0.6 is 11.6 Å². The maximum atomic E-state index is 13.8. The summed E-state index contributed by atoms with van der Waals surface area (Å²) in [5.41, 5.74) is 1.64. The first-order valence-corrected chi connectivity index (χ1v) is 14.0. The number of carbonyl (C=O) groups excluding carboxylic acids is 1. The third-order valence-electron chi connectivity index (χ3n) is 7.78. The number of non-ortho nitro benzene ring substituents is 1. The molecule has 41 heavy (non-hydrogen) atoms. The van der Waals surface area contributed by atoms with E-state index in [4.69, 9.17) is 11.6 Å². The number of halogens is 3. The van der Waals surface area contributed by atoms with Crippen LogP contribution in [-0.2, 0) is 13.1 Å². The number of aromatic nitrogens is 1. The minimum absolute atomic E-state index is 0. The van der Waals surface area contributed by atoms with E-state index in [-0.39, 0.29) is 29.7 Å². The number of hydrogen-bond donors (Lipinski definition) is 1. The largest absolute Gasteiger partial charge is 0.353 e. The molecule has 12 heteroatoms. The molecule has 2 fully saturated rings. The Morgan fingerprint density at radius 2 is 1.76 bits per heavy atom. The van der Waals surface area contributed by atoms with E-state index in [0.29, 0.717) is 16.9 Å². The SMILES string of the molecule is O=C(NCc1ccc(F)cc1F)c1cnc(N2CCN(C3CCN(Cc4ccc([N+](=O)[O-])cc4)CC3)CC2)c(Cl)c1.[HH]. The summed E-state index contributed by atoms with van der Waals surface area (Å²) in [5.74, 6) is -1.21. The van der Waals surface area contributed by atoms with Gasteiger partial charge in [-0.3, -0.25) is 24.7 Å². The summed E-state index contributed by atoms with van der Waals surface area (Å²) < 4.78 is 26.9. The number of nitrogens with one attached hydrogen (secondary N) is 1. The number of piperidine rings is 1. The van der Waals surface area contributed by atoms with Gasteiger partial charge in [-0.25, -0.2) is 13.8 Å². The number of rotatable bonds is 8. The highest BCUT2D eigenvalue weighted by atomic mass is 35.5. The molecule has 9 nitrogen and oxygen atoms in total. The lowest BCUT2D eigenvalue weighted by Gasteiger charge is -2.43. The van der Waals surface area contributed by atoms with Crippen LogP contribution in [0.25, 0.3) is 0 Å². The third kappa shape index (κ3) is 7.16. The minimum Gasteiger partial charge on any atom is -0.353 e. The molecule has 0 spiro atoms. The fraction of sp³-hybridized carbons (Fsp3) is 0.379. The molecule has 0 atom stereocenters. The maximum Gasteiger partial charge on any atom is 0.269 e. The lowest BCUT2D eigenvalue weighted by molar-refractivity contribution is -0.384. The van der Waals surface area contributed by atoms with Gasteiger partial charge in [0.1, 0.15) is 17.5 Å². The van der Waals surface area contributed by atoms with Gasteiger partial charge in [0, 0.05) is 76.7 Å². The average molecular weight is 587 g/mol. The second kappa shape index (κ2) is 12.9. The Morgan fingerprint density at radius 1 is 1.05 bits per heavy atom. The highest BCUT2D eigenvalue weighted by Gasteiger charge is 2.28. The molecule has 3 heterocycles. The quantitative estimate of drug-likeness (QED) is 0.297. The van der Waals surface area contributed by atoms with E-state index in [0.717, 1.165) is 76.4 Å². The minimum atomic E-state index is -0.719. The molecule has 0 bridgehead atoms. The second-order valence-electron chi connectivity index (χ2n) is 10.4. The van der Waals surface area contributed by atoms with Gasteiger partial charge in [0.05, 0.1) is 15.5 Å². The van der Waals surface area contributed by atoms with Crippen LogP contribution in [0.5, 0.6) is 0 Å². The number of nitro groups is 1. The maximum absolute atomic E-state index is 13.8. The van der Waals surface area contributed by atoms with E-state index in [1.165, 1.54) is 12.3 Å². The van der Waals surface area contributed by atoms with Crippen LogP contribution in [0.4, 0.5) is 20.3 Å². The topological polar surface area (TPSA) is 94.9 Å². The summed E-state index contributed by atoms with van der Waals surface area (Å²) in [5, 5.41) is 13.9. The van der Waals surface area contributed by atoms with Crippen molar-refractivity contribution in [1.29, 1.82) is 0 Å². The van der Waals surface area contributed by atoms with Gasteiger partial charge in [-0.05, 0) is 43.6 Å². The molecular formula is C29H33ClF2N6O3. The van der Waals surface area contributed by atoms with Crippen LogP contribution < -0.4 is 10.2 Å². The molecule has 2 aliphatic heterocycles. The molecule has 1 N–H and O–H groups in total. The molecule has 1 amide bonds. The molecule has 2 saturated heterocycles. The third-order valence-corrected chi connectivity index (χ3v) is 8.06. The molecule has 0 unspecified atom stereocenters. The molecule has 5 rings (SSSR count). The van der Waals surface area contributed by atoms with Crippen LogP contribution in [0.2, 0.25) is 5.02 Å². The lowest BCUT2D eigenvalue weighted by atomic mass is 10.0. The zero-order chi connectivity index (χ0) is 28.9. The second-order valence-corrected chi connectivity index (χ2v) is 10.8. The molecule has 3 aromatic rings. The number of anilines is 1. The monoisotopic (exact) mass is 586 g/mol. The number of likely N-dealkylation sites (tertiary alicyclic amines) is 1. The van der Waals surface area contributed by atoms with Crippen molar-refractivity contribution in [1.82, 2.24) is 20.1 Å². The smallest absolute Gasteiger partial charge is 0.269 e. The Balaban J connectivity index is 0.00000405. The van der Waals surface area contributed by atoms with Crippen molar-refractivity contribution in [3.8, 4) is 0 Å². The van der Waals surface area contributed by atoms with E-state index in [1.54, 1.807) is 18.2 Å². The number of pyridine rings is 1. The van der Waals surface area contributed by atoms with Crippen LogP contribution in [-0.4, -0.2) is 70.9 Å². The number of piperazine rings is 1. The molecule has 2 aromatic carbocycles. The normalized spacial score (nSPS) is 17.0. The zero-order valence-electron chi connectivity index (χ0n) is 22.4. The standard InChI is InChI=1S/C29H31ClF2N6O3.H2/c30-26-15-22(29(39)34-17-21-3-4-23(31)16-27(21)32)18-33-28(26)37-13-11-36(12-14-37)24-7-9-35(10-8-24)19-20-1-5-25(6-2-20)38(40)41;/h1-6,15-16,18,24H,7-14,17,19H2,(H,34,39);1H. The number of nitrogens with zero attached hydrogens (tertiary/aromatic N) is 5. The van der Waals surface area contributed by atoms with Crippen molar-refractivity contribution in [3.05, 3.63) is 98.2 Å². The molecule has 0 radical (unpaired) electrons. The summed E-state index contributed by atoms with van der Waals surface area (Å²) in [6.07, 6.45) is 3.60. The van der Waals surface area contributed by atoms with Crippen LogP contribution in [0.15, 0.2) is 54.7 Å². The van der Waals surface area contributed by atoms with E-state index >= 15 is 0 Å². The summed E-state index contributed by atoms with van der Waals surface area (Å²) in [6, 6.07) is 12.1. The van der Waals surface area contributed by atoms with Crippen molar-refractivity contribution in [2.24, 2.45) is 0 Å². The summed E-state index contributed by atoms with van der Waals surface area (Å²) in [7, 11) is 0. The van der Waals surface area contributed by atoms with Gasteiger partial charge >= 0.3 is 0 Å². The van der Waals surface area contributed by atoms with Crippen molar-refractivity contribution in [2.45, 2.75) is 32.0 Å². The molecule has 0 saturated carbocycles. The number of hydrogen-bond acceptors (Lipinski definition) is 7. The highest BCUT2D eigenvalue weighted by molar-refractivity contribution is 6.33. The summed E-state index contributed by atoms with van der Waals surface area (Å²) in [6.45, 7) is 5.98. The predicted molar refractivity (Wildman–Crippen MR) is 154 cm³/mol. The Bertz CT molecular complexity index is 1400. The van der Waals surface area contributed by atoms with Gasteiger partial charge < -0.3 is 10.2 Å². The number of nitro benzene ring substituents is 1. The van der Waals surface area contributed by atoms with Gasteiger partial charge in [-0.15, -0.1) is 0 Å². The molecule has 218 valence electrons. The number of benzene rings is 2. The number of amides is 1. The Hall–Kier alpha value is -3.67. The molecule has 0 aliphatic carbocycles. The van der Waals surface area contributed by atoms with Gasteiger partial charge in [0.25, 0.3) is 11.6 Å². The predicted octanol–water partition coefficient (Wildman–Crippen LogP) is 4.88. The van der Waals surface area contributed by atoms with E-state index in [1.807, 2.05) is 12.1 Å². The van der Waals surface area contributed by atoms with Crippen LogP contribution in [0, 0.1) is 21.7 Å². The lowest BCUT2D eigenvalue weighted by Crippen LogP contribution is -2.53. The van der Waals surface area contributed by atoms with Gasteiger partial charge in [-0.1, -0.05) is 29.8 Å². The van der Waals surface area contributed by atoms with E-state index in [2.05, 4.69) is 25.0 Å². The van der Waals surface area contributed by atoms with E-state index in [9.17, 15) is 23.7 Å². The first kappa shape index (κ1) is 28.8. The van der Waals surface area contributed by atoms with Crippen LogP contribution in [0.3, 0.4) is 0 Å². The molecular weight excluding hydrogens is 554 g/mol. The summed E-state index contributed by atoms with van der Waals surface area (Å²) in [4.78, 5) is 34.5. The highest BCUT2D eigenvalue weighted by Crippen LogP contribution is 2.27. The molecule has 1 aromatic heterocycles. The van der Waals surface area contributed by atoms with Crippen molar-refractivity contribution in [3.63, 3.8) is 0 Å². The van der Waals surface area contributed by atoms with Crippen molar-refractivity contribution < 1.29 is 19.9 Å². The first-order valence-electron chi connectivity index (χ1n) is 13.6. The summed E-state index contributed by atoms with van der Waals surface area (Å²) >= 11 is 6.52. The van der Waals surface area contributed by atoms with E-state index < -0.39 is 17.5 Å². The fourth-order valence-electron chi connectivity index (χ4n) is 5.45. The van der Waals surface area contributed by atoms with Gasteiger partial charge in [-0.2, -0.15) is 0 Å². The molecule has 2 aliphatic rings. The van der Waals surface area contributed by atoms with Gasteiger partial charge in [0.15, 0.2) is 0 Å². The zero-order valence-corrected chi connectivity index (χ0v) is 23.2. The van der Waals surface area contributed by atoms with Gasteiger partial charge in [0.2, 0.25) is 0 Å². The Morgan fingerprint density at radius 3 is 2.39 bits per heavy atom. The van der Waals surface area contributed by atoms with Crippen LogP contribution in [0.1, 0.15) is 35.8 Å². The number of carbonyl (C=O) groups is 1. The van der Waals surface area contributed by atoms with Crippen molar-refractivity contribution in [2.75, 3.05) is 44.2 Å². The Labute approximate surface area is 243 Å². The Kier molecular flexibility index (Phi) is 9.06.